The van der Waals surface area contributed by atoms with E-state index in [4.69, 9.17) is 0 Å². The van der Waals surface area contributed by atoms with Crippen LogP contribution in [0, 0.1) is 17.0 Å². The molecule has 4 heterocycles. The molecular weight excluding hydrogens is 396 g/mol. The maximum Gasteiger partial charge on any atom is 0.307 e. The Morgan fingerprint density at radius 2 is 2.07 bits per heavy atom. The highest BCUT2D eigenvalue weighted by atomic mass is 32.1. The molecule has 29 heavy (non-hydrogen) atoms. The summed E-state index contributed by atoms with van der Waals surface area (Å²) in [5.41, 5.74) is 0.435. The Hall–Kier alpha value is -3.41. The van der Waals surface area contributed by atoms with Gasteiger partial charge in [-0.15, -0.1) is 16.4 Å². The van der Waals surface area contributed by atoms with Gasteiger partial charge < -0.3 is 4.90 Å². The van der Waals surface area contributed by atoms with Crippen molar-refractivity contribution in [1.29, 1.82) is 0 Å². The van der Waals surface area contributed by atoms with Gasteiger partial charge in [-0.05, 0) is 26.3 Å². The smallest absolute Gasteiger partial charge is 0.307 e. The highest BCUT2D eigenvalue weighted by Gasteiger charge is 2.31. The lowest BCUT2D eigenvalue weighted by Crippen LogP contribution is -2.29. The standard InChI is InChI=1S/C17H18N8O3S/c1-9-11-13-20-16(17(2,3)24-7-10(6-19-24)25(27)28)21-23(13)8-18-14(11)29-12(9)15(26)22(4)5/h6-8H,1-5H3. The Morgan fingerprint density at radius 3 is 2.69 bits per heavy atom. The average molecular weight is 414 g/mol. The molecule has 0 bridgehead atoms. The van der Waals surface area contributed by atoms with Crippen molar-refractivity contribution in [2.24, 2.45) is 0 Å². The summed E-state index contributed by atoms with van der Waals surface area (Å²) in [5.74, 6) is 0.337. The molecule has 0 aromatic carbocycles. The number of nitro groups is 1. The topological polar surface area (TPSA) is 124 Å². The maximum atomic E-state index is 12.5. The van der Waals surface area contributed by atoms with Crippen LogP contribution >= 0.6 is 11.3 Å². The number of aromatic nitrogens is 6. The summed E-state index contributed by atoms with van der Waals surface area (Å²) in [6, 6.07) is 0. The fourth-order valence-electron chi connectivity index (χ4n) is 3.02. The van der Waals surface area contributed by atoms with Gasteiger partial charge in [-0.1, -0.05) is 0 Å². The minimum atomic E-state index is -0.835. The number of aryl methyl sites for hydroxylation is 1. The third-order valence-electron chi connectivity index (χ3n) is 4.77. The van der Waals surface area contributed by atoms with Gasteiger partial charge in [0.1, 0.15) is 29.1 Å². The van der Waals surface area contributed by atoms with Crippen molar-refractivity contribution < 1.29 is 9.72 Å². The largest absolute Gasteiger partial charge is 0.344 e. The Bertz CT molecular complexity index is 1280. The molecule has 0 saturated carbocycles. The third kappa shape index (κ3) is 2.83. The van der Waals surface area contributed by atoms with Gasteiger partial charge in [-0.2, -0.15) is 5.10 Å². The van der Waals surface area contributed by atoms with Gasteiger partial charge in [0, 0.05) is 14.1 Å². The van der Waals surface area contributed by atoms with E-state index in [1.165, 1.54) is 33.3 Å². The fraction of sp³-hybridized carbons (Fsp3) is 0.353. The number of amides is 1. The van der Waals surface area contributed by atoms with E-state index in [0.717, 1.165) is 10.9 Å². The monoisotopic (exact) mass is 414 g/mol. The minimum Gasteiger partial charge on any atom is -0.344 e. The first-order valence-electron chi connectivity index (χ1n) is 8.67. The van der Waals surface area contributed by atoms with Gasteiger partial charge in [-0.25, -0.2) is 14.5 Å². The third-order valence-corrected chi connectivity index (χ3v) is 5.96. The van der Waals surface area contributed by atoms with Crippen molar-refractivity contribution >= 4 is 38.8 Å². The second-order valence-corrected chi connectivity index (χ2v) is 8.34. The van der Waals surface area contributed by atoms with Gasteiger partial charge in [0.15, 0.2) is 11.5 Å². The molecule has 4 rings (SSSR count). The summed E-state index contributed by atoms with van der Waals surface area (Å²) >= 11 is 1.32. The lowest BCUT2D eigenvalue weighted by molar-refractivity contribution is -0.385. The Balaban J connectivity index is 1.88. The summed E-state index contributed by atoms with van der Waals surface area (Å²) in [7, 11) is 3.41. The molecule has 0 aliphatic rings. The van der Waals surface area contributed by atoms with Crippen LogP contribution in [0.5, 0.6) is 0 Å². The van der Waals surface area contributed by atoms with Crippen LogP contribution in [-0.4, -0.2) is 59.2 Å². The summed E-state index contributed by atoms with van der Waals surface area (Å²) in [6.07, 6.45) is 4.10. The summed E-state index contributed by atoms with van der Waals surface area (Å²) < 4.78 is 3.02. The van der Waals surface area contributed by atoms with E-state index in [9.17, 15) is 14.9 Å². The zero-order valence-corrected chi connectivity index (χ0v) is 17.3. The van der Waals surface area contributed by atoms with Crippen molar-refractivity contribution in [2.45, 2.75) is 26.3 Å². The average Bonchev–Trinajstić information content (AvgIpc) is 3.37. The zero-order chi connectivity index (χ0) is 21.1. The van der Waals surface area contributed by atoms with Crippen LogP contribution in [0.25, 0.3) is 15.9 Å². The zero-order valence-electron chi connectivity index (χ0n) is 16.4. The Morgan fingerprint density at radius 1 is 1.34 bits per heavy atom. The van der Waals surface area contributed by atoms with E-state index in [2.05, 4.69) is 20.2 Å². The van der Waals surface area contributed by atoms with Crippen LogP contribution in [-0.2, 0) is 5.54 Å². The number of hydrogen-bond donors (Lipinski definition) is 0. The minimum absolute atomic E-state index is 0.0902. The van der Waals surface area contributed by atoms with Crippen molar-refractivity contribution in [3.05, 3.63) is 45.1 Å². The Labute approximate surface area is 168 Å². The van der Waals surface area contributed by atoms with Gasteiger partial charge in [0.2, 0.25) is 0 Å². The molecule has 0 aliphatic carbocycles. The van der Waals surface area contributed by atoms with Crippen molar-refractivity contribution in [3.8, 4) is 0 Å². The highest BCUT2D eigenvalue weighted by Crippen LogP contribution is 2.33. The van der Waals surface area contributed by atoms with Crippen molar-refractivity contribution in [2.75, 3.05) is 14.1 Å². The molecule has 1 amide bonds. The summed E-state index contributed by atoms with van der Waals surface area (Å²) in [5, 5.41) is 20.4. The normalized spacial score (nSPS) is 12.0. The molecule has 4 aromatic heterocycles. The first-order valence-corrected chi connectivity index (χ1v) is 9.49. The predicted molar refractivity (Wildman–Crippen MR) is 106 cm³/mol. The molecule has 0 unspecified atom stereocenters. The summed E-state index contributed by atoms with van der Waals surface area (Å²) in [6.45, 7) is 5.52. The molecule has 12 heteroatoms. The first-order chi connectivity index (χ1) is 13.6. The van der Waals surface area contributed by atoms with E-state index < -0.39 is 10.5 Å². The van der Waals surface area contributed by atoms with Crippen LogP contribution in [0.1, 0.15) is 34.9 Å². The number of hydrogen-bond acceptors (Lipinski definition) is 8. The quantitative estimate of drug-likeness (QED) is 0.370. The number of rotatable bonds is 4. The molecule has 11 nitrogen and oxygen atoms in total. The highest BCUT2D eigenvalue weighted by molar-refractivity contribution is 7.20. The number of thiophene rings is 1. The fourth-order valence-corrected chi connectivity index (χ4v) is 4.18. The maximum absolute atomic E-state index is 12.5. The summed E-state index contributed by atoms with van der Waals surface area (Å²) in [4.78, 5) is 34.9. The molecule has 0 aliphatic heterocycles. The number of carbonyl (C=O) groups is 1. The van der Waals surface area contributed by atoms with E-state index in [1.807, 2.05) is 20.8 Å². The van der Waals surface area contributed by atoms with E-state index in [-0.39, 0.29) is 11.6 Å². The van der Waals surface area contributed by atoms with Crippen LogP contribution in [0.4, 0.5) is 5.69 Å². The molecule has 0 atom stereocenters. The predicted octanol–water partition coefficient (Wildman–Crippen LogP) is 2.24. The van der Waals surface area contributed by atoms with Crippen molar-refractivity contribution in [3.63, 3.8) is 0 Å². The van der Waals surface area contributed by atoms with Crippen LogP contribution in [0.3, 0.4) is 0 Å². The second kappa shape index (κ2) is 6.30. The molecule has 0 radical (unpaired) electrons. The lowest BCUT2D eigenvalue weighted by atomic mass is 10.1. The lowest BCUT2D eigenvalue weighted by Gasteiger charge is -2.20. The number of carbonyl (C=O) groups excluding carboxylic acids is 1. The second-order valence-electron chi connectivity index (χ2n) is 7.34. The Kier molecular flexibility index (Phi) is 4.12. The molecule has 0 fully saturated rings. The van der Waals surface area contributed by atoms with E-state index in [1.54, 1.807) is 24.9 Å². The molecule has 0 spiro atoms. The van der Waals surface area contributed by atoms with Gasteiger partial charge in [-0.3, -0.25) is 19.6 Å². The number of nitrogens with zero attached hydrogens (tertiary/aromatic N) is 8. The molecule has 150 valence electrons. The molecule has 4 aromatic rings. The SMILES string of the molecule is Cc1c(C(=O)N(C)C)sc2ncn3nc(C(C)(C)n4cc([N+](=O)[O-])cn4)nc3c12. The van der Waals surface area contributed by atoms with Gasteiger partial charge >= 0.3 is 5.69 Å². The van der Waals surface area contributed by atoms with Gasteiger partial charge in [0.05, 0.1) is 15.2 Å². The molecule has 0 saturated heterocycles. The van der Waals surface area contributed by atoms with Crippen LogP contribution in [0.15, 0.2) is 18.7 Å². The van der Waals surface area contributed by atoms with E-state index >= 15 is 0 Å². The van der Waals surface area contributed by atoms with Gasteiger partial charge in [0.25, 0.3) is 5.91 Å². The van der Waals surface area contributed by atoms with E-state index in [0.29, 0.717) is 21.2 Å². The molecular formula is C17H18N8O3S. The van der Waals surface area contributed by atoms with Crippen LogP contribution < -0.4 is 0 Å². The van der Waals surface area contributed by atoms with Crippen LogP contribution in [0.2, 0.25) is 0 Å². The molecule has 0 N–H and O–H groups in total. The van der Waals surface area contributed by atoms with Crippen molar-refractivity contribution in [1.82, 2.24) is 34.3 Å². The first kappa shape index (κ1) is 18.9. The number of fused-ring (bicyclic) bond motifs is 3.